The number of cyclic esters (lactones) is 1. The van der Waals surface area contributed by atoms with Gasteiger partial charge in [0.25, 0.3) is 0 Å². The number of aliphatic hydroxyl groups is 1. The molecule has 15 nitrogen and oxygen atoms in total. The summed E-state index contributed by atoms with van der Waals surface area (Å²) < 4.78 is 5.85. The molecule has 1 aromatic heterocycles. The number of hydrogen-bond donors (Lipinski definition) is 6. The van der Waals surface area contributed by atoms with Gasteiger partial charge in [-0.15, -0.1) is 0 Å². The largest absolute Gasteiger partial charge is 0.460 e. The molecule has 2 rings (SSSR count). The van der Waals surface area contributed by atoms with Gasteiger partial charge in [-0.25, -0.2) is 4.98 Å². The van der Waals surface area contributed by atoms with Crippen molar-refractivity contribution in [2.45, 2.75) is 162 Å². The number of likely N-dealkylation sites (N-methyl/N-ethyl adjacent to an activating group) is 1. The van der Waals surface area contributed by atoms with E-state index >= 15 is 0 Å². The molecular formula is C39H67N7O8. The number of carbonyl (C=O) groups excluding carboxylic acids is 6. The number of rotatable bonds is 16. The summed E-state index contributed by atoms with van der Waals surface area (Å²) in [6.45, 7) is 12.1. The molecule has 0 unspecified atom stereocenters. The predicted octanol–water partition coefficient (Wildman–Crippen LogP) is 2.92. The molecule has 54 heavy (non-hydrogen) atoms. The number of amides is 5. The molecule has 0 aliphatic carbocycles. The molecular weight excluding hydrogens is 694 g/mol. The summed E-state index contributed by atoms with van der Waals surface area (Å²) in [4.78, 5) is 90.7. The minimum Gasteiger partial charge on any atom is -0.460 e. The number of ether oxygens (including phenoxy) is 1. The molecule has 0 aromatic carbocycles. The number of carbonyl (C=O) groups is 6. The van der Waals surface area contributed by atoms with Crippen molar-refractivity contribution < 1.29 is 38.6 Å². The fraction of sp³-hybridized carbons (Fsp3) is 0.769. The van der Waals surface area contributed by atoms with E-state index in [4.69, 9.17) is 4.74 Å². The third kappa shape index (κ3) is 15.0. The van der Waals surface area contributed by atoms with Gasteiger partial charge in [0, 0.05) is 25.4 Å². The number of nitrogens with one attached hydrogen (secondary N) is 5. The minimum absolute atomic E-state index is 0.00250. The number of imidazole rings is 1. The predicted molar refractivity (Wildman–Crippen MR) is 205 cm³/mol. The van der Waals surface area contributed by atoms with Crippen molar-refractivity contribution >= 4 is 35.5 Å². The summed E-state index contributed by atoms with van der Waals surface area (Å²) in [7, 11) is 1.54. The molecule has 15 heteroatoms. The first-order valence-electron chi connectivity index (χ1n) is 19.9. The summed E-state index contributed by atoms with van der Waals surface area (Å²) in [6, 6.07) is -4.77. The van der Waals surface area contributed by atoms with E-state index in [2.05, 4.69) is 38.2 Å². The Morgan fingerprint density at radius 3 is 2.06 bits per heavy atom. The Morgan fingerprint density at radius 1 is 0.852 bits per heavy atom. The van der Waals surface area contributed by atoms with Gasteiger partial charge in [-0.2, -0.15) is 0 Å². The van der Waals surface area contributed by atoms with E-state index in [9.17, 15) is 33.9 Å². The summed E-state index contributed by atoms with van der Waals surface area (Å²) in [5, 5.41) is 21.1. The monoisotopic (exact) mass is 762 g/mol. The fourth-order valence-corrected chi connectivity index (χ4v) is 6.59. The highest BCUT2D eigenvalue weighted by atomic mass is 16.5. The molecule has 0 saturated carbocycles. The highest BCUT2D eigenvalue weighted by Crippen LogP contribution is 2.22. The zero-order valence-corrected chi connectivity index (χ0v) is 33.7. The first-order chi connectivity index (χ1) is 25.6. The molecule has 1 saturated heterocycles. The summed E-state index contributed by atoms with van der Waals surface area (Å²) >= 11 is 0. The standard InChI is InChI=1S/C39H67N7O8/c1-9-11-12-13-14-15-16-17-18-31-26(6)39(53)46(8)30(19-24(3)4)36(50)44-33(25(5)10-2)38(52)43-29(20-28-21-40-23-42-28)35(49)45-34(27(7)47)37(51)41-22-32(48)54-31/h21,23-27,29-31,33-34,47H,9-20,22H2,1-8H3,(H,40,42)(H,41,51)(H,43,52)(H,44,50)(H,45,49)/t25-,26+,27-,29-,30-,31+,33-,34-/m0/s1. The van der Waals surface area contributed by atoms with Crippen LogP contribution in [0.15, 0.2) is 12.5 Å². The normalized spacial score (nSPS) is 25.4. The third-order valence-corrected chi connectivity index (χ3v) is 10.3. The van der Waals surface area contributed by atoms with Crippen LogP contribution in [0.4, 0.5) is 0 Å². The smallest absolute Gasteiger partial charge is 0.325 e. The number of aromatic amines is 1. The molecule has 8 atom stereocenters. The quantitative estimate of drug-likeness (QED) is 0.108. The lowest BCUT2D eigenvalue weighted by Crippen LogP contribution is -2.61. The maximum absolute atomic E-state index is 14.1. The van der Waals surface area contributed by atoms with Crippen molar-refractivity contribution in [3.05, 3.63) is 18.2 Å². The number of aliphatic hydroxyl groups excluding tert-OH is 1. The van der Waals surface area contributed by atoms with E-state index in [0.717, 1.165) is 25.7 Å². The SMILES string of the molecule is CCCCCCCCCC[C@H]1OC(=O)CNC(=O)[C@H]([C@H](C)O)NC(=O)[C@H](Cc2cnc[nH]2)NC(=O)[C@H]([C@@H](C)CC)NC(=O)[C@H](CC(C)C)N(C)C(=O)[C@@H]1C. The van der Waals surface area contributed by atoms with Crippen LogP contribution in [0.25, 0.3) is 0 Å². The maximum atomic E-state index is 14.1. The highest BCUT2D eigenvalue weighted by molar-refractivity contribution is 5.96. The van der Waals surface area contributed by atoms with Crippen LogP contribution in [0, 0.1) is 17.8 Å². The van der Waals surface area contributed by atoms with Gasteiger partial charge in [0.15, 0.2) is 0 Å². The van der Waals surface area contributed by atoms with E-state index in [1.165, 1.54) is 43.6 Å². The zero-order valence-electron chi connectivity index (χ0n) is 33.7. The highest BCUT2D eigenvalue weighted by Gasteiger charge is 2.38. The lowest BCUT2D eigenvalue weighted by molar-refractivity contribution is -0.157. The van der Waals surface area contributed by atoms with Gasteiger partial charge < -0.3 is 41.0 Å². The molecule has 5 amide bonds. The van der Waals surface area contributed by atoms with Crippen molar-refractivity contribution in [3.63, 3.8) is 0 Å². The van der Waals surface area contributed by atoms with Crippen molar-refractivity contribution in [1.82, 2.24) is 36.1 Å². The number of hydrogen-bond acceptors (Lipinski definition) is 9. The van der Waals surface area contributed by atoms with Crippen molar-refractivity contribution in [2.24, 2.45) is 17.8 Å². The molecule has 0 radical (unpaired) electrons. The fourth-order valence-electron chi connectivity index (χ4n) is 6.59. The Morgan fingerprint density at radius 2 is 1.48 bits per heavy atom. The molecule has 1 aromatic rings. The third-order valence-electron chi connectivity index (χ3n) is 10.3. The van der Waals surface area contributed by atoms with Crippen LogP contribution in [0.2, 0.25) is 0 Å². The van der Waals surface area contributed by atoms with E-state index in [-0.39, 0.29) is 18.3 Å². The van der Waals surface area contributed by atoms with Crippen LogP contribution in [0.5, 0.6) is 0 Å². The van der Waals surface area contributed by atoms with Gasteiger partial charge in [0.05, 0.1) is 18.3 Å². The second kappa shape index (κ2) is 23.7. The van der Waals surface area contributed by atoms with Crippen LogP contribution in [0.3, 0.4) is 0 Å². The summed E-state index contributed by atoms with van der Waals surface area (Å²) in [6.07, 6.45) is 10.3. The Kier molecular flexibility index (Phi) is 20.3. The molecule has 0 bridgehead atoms. The Hall–Kier alpha value is -4.01. The number of H-pyrrole nitrogens is 1. The van der Waals surface area contributed by atoms with Crippen molar-refractivity contribution in [2.75, 3.05) is 13.6 Å². The molecule has 1 aliphatic heterocycles. The van der Waals surface area contributed by atoms with Gasteiger partial charge in [0.1, 0.15) is 36.8 Å². The van der Waals surface area contributed by atoms with Gasteiger partial charge >= 0.3 is 5.97 Å². The molecule has 6 N–H and O–H groups in total. The minimum atomic E-state index is -1.49. The first-order valence-corrected chi connectivity index (χ1v) is 19.9. The topological polar surface area (TPSA) is 212 Å². The molecule has 306 valence electrons. The lowest BCUT2D eigenvalue weighted by atomic mass is 9.94. The average Bonchev–Trinajstić information content (AvgIpc) is 3.65. The first kappa shape index (κ1) is 46.1. The van der Waals surface area contributed by atoms with Crippen molar-refractivity contribution in [1.29, 1.82) is 0 Å². The average molecular weight is 762 g/mol. The summed E-state index contributed by atoms with van der Waals surface area (Å²) in [5.74, 6) is -5.17. The second-order valence-corrected chi connectivity index (χ2v) is 15.3. The van der Waals surface area contributed by atoms with Gasteiger partial charge in [0.2, 0.25) is 29.5 Å². The number of aromatic nitrogens is 2. The van der Waals surface area contributed by atoms with E-state index in [0.29, 0.717) is 31.4 Å². The summed E-state index contributed by atoms with van der Waals surface area (Å²) in [5.41, 5.74) is 0.506. The van der Waals surface area contributed by atoms with Gasteiger partial charge in [-0.3, -0.25) is 28.8 Å². The molecule has 0 spiro atoms. The number of esters is 1. The molecule has 2 heterocycles. The van der Waals surface area contributed by atoms with Crippen LogP contribution in [-0.4, -0.2) is 105 Å². The second-order valence-electron chi connectivity index (χ2n) is 15.3. The Balaban J connectivity index is 2.52. The van der Waals surface area contributed by atoms with Crippen LogP contribution in [-0.2, 0) is 39.9 Å². The van der Waals surface area contributed by atoms with Crippen LogP contribution in [0.1, 0.15) is 125 Å². The van der Waals surface area contributed by atoms with Crippen LogP contribution >= 0.6 is 0 Å². The Labute approximate surface area is 321 Å². The molecule has 1 fully saturated rings. The van der Waals surface area contributed by atoms with Crippen LogP contribution < -0.4 is 21.3 Å². The number of nitrogens with zero attached hydrogens (tertiary/aromatic N) is 2. The van der Waals surface area contributed by atoms with Gasteiger partial charge in [-0.05, 0) is 38.0 Å². The zero-order chi connectivity index (χ0) is 40.4. The van der Waals surface area contributed by atoms with Gasteiger partial charge in [-0.1, -0.05) is 92.9 Å². The molecule has 1 aliphatic rings. The number of unbranched alkanes of at least 4 members (excludes halogenated alkanes) is 7. The van der Waals surface area contributed by atoms with Crippen molar-refractivity contribution in [3.8, 4) is 0 Å². The van der Waals surface area contributed by atoms with E-state index in [1.807, 2.05) is 20.8 Å². The Bertz CT molecular complexity index is 1340. The lowest BCUT2D eigenvalue weighted by Gasteiger charge is -2.34. The van der Waals surface area contributed by atoms with E-state index in [1.54, 1.807) is 20.9 Å². The van der Waals surface area contributed by atoms with E-state index < -0.39 is 84.3 Å². The maximum Gasteiger partial charge on any atom is 0.325 e.